The van der Waals surface area contributed by atoms with Crippen LogP contribution in [0.2, 0.25) is 5.02 Å². The van der Waals surface area contributed by atoms with Gasteiger partial charge in [-0.15, -0.1) is 0 Å². The number of anilines is 1. The molecule has 140 valence electrons. The molecule has 2 rings (SSSR count). The second-order valence-corrected chi connectivity index (χ2v) is 8.89. The number of hydrogen-bond acceptors (Lipinski definition) is 3. The van der Waals surface area contributed by atoms with E-state index in [0.717, 1.165) is 14.8 Å². The van der Waals surface area contributed by atoms with E-state index < -0.39 is 10.0 Å². The van der Waals surface area contributed by atoms with E-state index in [4.69, 9.17) is 11.6 Å². The summed E-state index contributed by atoms with van der Waals surface area (Å²) in [6, 6.07) is 13.7. The molecule has 1 amide bonds. The lowest BCUT2D eigenvalue weighted by Gasteiger charge is -2.15. The second-order valence-electron chi connectivity index (χ2n) is 6.30. The standard InChI is InChI=1S/C18H22ClN3O3S/c1-21(2)26(24,25)17-9-7-16(8-10-17)20-18(23)13-22(3)12-14-5-4-6-15(19)11-14/h4-11H,12-13H2,1-3H3,(H,20,23)/p+1. The fourth-order valence-corrected chi connectivity index (χ4v) is 3.57. The van der Waals surface area contributed by atoms with Gasteiger partial charge in [0.1, 0.15) is 6.54 Å². The monoisotopic (exact) mass is 396 g/mol. The van der Waals surface area contributed by atoms with Crippen LogP contribution >= 0.6 is 11.6 Å². The summed E-state index contributed by atoms with van der Waals surface area (Å²) in [6.07, 6.45) is 0. The third-order valence-corrected chi connectivity index (χ3v) is 5.84. The van der Waals surface area contributed by atoms with Gasteiger partial charge in [0.05, 0.1) is 11.9 Å². The van der Waals surface area contributed by atoms with Gasteiger partial charge in [-0.2, -0.15) is 0 Å². The molecule has 0 aliphatic heterocycles. The second kappa shape index (κ2) is 8.64. The Morgan fingerprint density at radius 1 is 1.15 bits per heavy atom. The molecule has 0 radical (unpaired) electrons. The number of halogens is 1. The van der Waals surface area contributed by atoms with Crippen LogP contribution in [0.4, 0.5) is 5.69 Å². The first-order chi connectivity index (χ1) is 12.2. The van der Waals surface area contributed by atoms with Gasteiger partial charge in [0, 0.05) is 30.4 Å². The van der Waals surface area contributed by atoms with Gasteiger partial charge in [-0.1, -0.05) is 23.7 Å². The van der Waals surface area contributed by atoms with Crippen LogP contribution in [0.1, 0.15) is 5.56 Å². The number of sulfonamides is 1. The van der Waals surface area contributed by atoms with Crippen LogP contribution in [0.15, 0.2) is 53.4 Å². The lowest BCUT2D eigenvalue weighted by atomic mass is 10.2. The quantitative estimate of drug-likeness (QED) is 0.739. The highest BCUT2D eigenvalue weighted by Gasteiger charge is 2.17. The minimum atomic E-state index is -3.47. The first kappa shape index (κ1) is 20.4. The molecule has 2 aromatic carbocycles. The van der Waals surface area contributed by atoms with Gasteiger partial charge in [0.2, 0.25) is 10.0 Å². The number of nitrogens with zero attached hydrogens (tertiary/aromatic N) is 1. The zero-order valence-electron chi connectivity index (χ0n) is 15.0. The molecule has 0 aromatic heterocycles. The summed E-state index contributed by atoms with van der Waals surface area (Å²) in [5.41, 5.74) is 1.62. The molecule has 1 atom stereocenters. The lowest BCUT2D eigenvalue weighted by Crippen LogP contribution is -3.08. The fraction of sp³-hybridized carbons (Fsp3) is 0.278. The summed E-state index contributed by atoms with van der Waals surface area (Å²) in [5.74, 6) is -0.146. The predicted molar refractivity (Wildman–Crippen MR) is 103 cm³/mol. The zero-order valence-corrected chi connectivity index (χ0v) is 16.6. The number of benzene rings is 2. The summed E-state index contributed by atoms with van der Waals surface area (Å²) in [4.78, 5) is 13.4. The molecular formula is C18H23ClN3O3S+. The molecule has 0 spiro atoms. The van der Waals surface area contributed by atoms with Crippen LogP contribution < -0.4 is 10.2 Å². The number of likely N-dealkylation sites (N-methyl/N-ethyl adjacent to an activating group) is 1. The summed E-state index contributed by atoms with van der Waals surface area (Å²) in [6.45, 7) is 0.957. The Kier molecular flexibility index (Phi) is 6.77. The van der Waals surface area contributed by atoms with Crippen LogP contribution in [0, 0.1) is 0 Å². The fourth-order valence-electron chi connectivity index (χ4n) is 2.46. The average Bonchev–Trinajstić information content (AvgIpc) is 2.54. The molecule has 2 N–H and O–H groups in total. The summed E-state index contributed by atoms with van der Waals surface area (Å²) in [7, 11) is 1.40. The number of carbonyl (C=O) groups is 1. The third kappa shape index (κ3) is 5.54. The van der Waals surface area contributed by atoms with Crippen molar-refractivity contribution in [3.8, 4) is 0 Å². The predicted octanol–water partition coefficient (Wildman–Crippen LogP) is 1.24. The number of rotatable bonds is 7. The van der Waals surface area contributed by atoms with Crippen molar-refractivity contribution in [1.82, 2.24) is 4.31 Å². The maximum absolute atomic E-state index is 12.2. The smallest absolute Gasteiger partial charge is 0.279 e. The number of carbonyl (C=O) groups excluding carboxylic acids is 1. The molecule has 1 unspecified atom stereocenters. The van der Waals surface area contributed by atoms with E-state index in [-0.39, 0.29) is 17.3 Å². The Morgan fingerprint density at radius 3 is 2.38 bits per heavy atom. The largest absolute Gasteiger partial charge is 0.326 e. The van der Waals surface area contributed by atoms with Crippen LogP contribution in [0.25, 0.3) is 0 Å². The Hall–Kier alpha value is -1.93. The van der Waals surface area contributed by atoms with Gasteiger partial charge < -0.3 is 10.2 Å². The van der Waals surface area contributed by atoms with Crippen LogP contribution in [-0.4, -0.2) is 46.3 Å². The molecule has 0 aliphatic carbocycles. The molecule has 0 bridgehead atoms. The van der Waals surface area contributed by atoms with E-state index in [9.17, 15) is 13.2 Å². The third-order valence-electron chi connectivity index (χ3n) is 3.77. The Bertz CT molecular complexity index is 868. The van der Waals surface area contributed by atoms with E-state index >= 15 is 0 Å². The molecule has 0 fully saturated rings. The number of nitrogens with one attached hydrogen (secondary N) is 2. The number of quaternary nitrogens is 1. The summed E-state index contributed by atoms with van der Waals surface area (Å²) >= 11 is 5.97. The highest BCUT2D eigenvalue weighted by molar-refractivity contribution is 7.89. The molecule has 0 saturated heterocycles. The van der Waals surface area contributed by atoms with Crippen molar-refractivity contribution in [2.75, 3.05) is 33.0 Å². The van der Waals surface area contributed by atoms with Crippen molar-refractivity contribution < 1.29 is 18.1 Å². The molecule has 0 saturated carbocycles. The molecule has 6 nitrogen and oxygen atoms in total. The van der Waals surface area contributed by atoms with Crippen LogP contribution in [0.3, 0.4) is 0 Å². The zero-order chi connectivity index (χ0) is 19.3. The van der Waals surface area contributed by atoms with Gasteiger partial charge >= 0.3 is 0 Å². The molecule has 0 heterocycles. The van der Waals surface area contributed by atoms with E-state index in [0.29, 0.717) is 17.3 Å². The van der Waals surface area contributed by atoms with Crippen LogP contribution in [-0.2, 0) is 21.4 Å². The molecular weight excluding hydrogens is 374 g/mol. The lowest BCUT2D eigenvalue weighted by molar-refractivity contribution is -0.885. The number of amides is 1. The van der Waals surface area contributed by atoms with Crippen molar-refractivity contribution in [3.05, 3.63) is 59.1 Å². The van der Waals surface area contributed by atoms with Crippen LogP contribution in [0.5, 0.6) is 0 Å². The maximum atomic E-state index is 12.2. The number of hydrogen-bond donors (Lipinski definition) is 2. The Labute approximate surface area is 159 Å². The topological polar surface area (TPSA) is 70.9 Å². The van der Waals surface area contributed by atoms with Gasteiger partial charge in [0.25, 0.3) is 5.91 Å². The van der Waals surface area contributed by atoms with Gasteiger partial charge in [-0.25, -0.2) is 12.7 Å². The highest BCUT2D eigenvalue weighted by atomic mass is 35.5. The van der Waals surface area contributed by atoms with Crippen molar-refractivity contribution in [2.45, 2.75) is 11.4 Å². The van der Waals surface area contributed by atoms with E-state index in [1.807, 2.05) is 31.3 Å². The summed E-state index contributed by atoms with van der Waals surface area (Å²) in [5, 5.41) is 3.46. The SMILES string of the molecule is CN(C)S(=O)(=O)c1ccc(NC(=O)C[NH+](C)Cc2cccc(Cl)c2)cc1. The normalized spacial score (nSPS) is 12.8. The van der Waals surface area contributed by atoms with Crippen molar-refractivity contribution in [1.29, 1.82) is 0 Å². The van der Waals surface area contributed by atoms with Crippen molar-refractivity contribution >= 4 is 33.2 Å². The van der Waals surface area contributed by atoms with E-state index in [2.05, 4.69) is 5.32 Å². The minimum absolute atomic E-state index is 0.146. The maximum Gasteiger partial charge on any atom is 0.279 e. The summed E-state index contributed by atoms with van der Waals surface area (Å²) < 4.78 is 25.2. The molecule has 8 heteroatoms. The first-order valence-electron chi connectivity index (χ1n) is 8.06. The Morgan fingerprint density at radius 2 is 1.81 bits per heavy atom. The minimum Gasteiger partial charge on any atom is -0.326 e. The van der Waals surface area contributed by atoms with Gasteiger partial charge in [0.15, 0.2) is 6.54 Å². The van der Waals surface area contributed by atoms with Crippen molar-refractivity contribution in [3.63, 3.8) is 0 Å². The highest BCUT2D eigenvalue weighted by Crippen LogP contribution is 2.16. The van der Waals surface area contributed by atoms with Crippen molar-refractivity contribution in [2.24, 2.45) is 0 Å². The molecule has 26 heavy (non-hydrogen) atoms. The van der Waals surface area contributed by atoms with E-state index in [1.165, 1.54) is 26.2 Å². The first-order valence-corrected chi connectivity index (χ1v) is 9.88. The Balaban J connectivity index is 1.93. The van der Waals surface area contributed by atoms with Gasteiger partial charge in [-0.05, 0) is 36.4 Å². The van der Waals surface area contributed by atoms with E-state index in [1.54, 1.807) is 12.1 Å². The van der Waals surface area contributed by atoms with Gasteiger partial charge in [-0.3, -0.25) is 4.79 Å². The average molecular weight is 397 g/mol. The molecule has 0 aliphatic rings. The molecule has 2 aromatic rings.